The molecule has 1 amide bonds. The lowest BCUT2D eigenvalue weighted by atomic mass is 10.0. The number of fused-ring (bicyclic) bond motifs is 1. The molecule has 0 saturated carbocycles. The molecule has 152 valence electrons. The van der Waals surface area contributed by atoms with Crippen LogP contribution in [0.1, 0.15) is 60.0 Å². The zero-order valence-corrected chi connectivity index (χ0v) is 17.8. The van der Waals surface area contributed by atoms with Gasteiger partial charge in [0, 0.05) is 11.8 Å². The molecule has 30 heavy (non-hydrogen) atoms. The number of hydrogen-bond donors (Lipinski definition) is 1. The number of amides is 1. The van der Waals surface area contributed by atoms with Crippen LogP contribution in [0.3, 0.4) is 0 Å². The summed E-state index contributed by atoms with van der Waals surface area (Å²) in [5, 5.41) is 7.87. The van der Waals surface area contributed by atoms with Crippen molar-refractivity contribution >= 4 is 11.6 Å². The van der Waals surface area contributed by atoms with Crippen molar-refractivity contribution in [3.63, 3.8) is 0 Å². The van der Waals surface area contributed by atoms with Crippen LogP contribution < -0.4 is 5.32 Å². The van der Waals surface area contributed by atoms with Crippen LogP contribution in [0.2, 0.25) is 0 Å². The minimum Gasteiger partial charge on any atom is -0.345 e. The third-order valence-corrected chi connectivity index (χ3v) is 5.36. The van der Waals surface area contributed by atoms with E-state index in [2.05, 4.69) is 36.3 Å². The third kappa shape index (κ3) is 3.59. The monoisotopic (exact) mass is 398 g/mol. The maximum atomic E-state index is 13.2. The highest BCUT2D eigenvalue weighted by Crippen LogP contribution is 2.30. The van der Waals surface area contributed by atoms with Gasteiger partial charge in [-0.3, -0.25) is 4.79 Å². The molecule has 0 unspecified atom stereocenters. The van der Waals surface area contributed by atoms with E-state index in [9.17, 15) is 4.79 Å². The molecule has 2 aromatic carbocycles. The minimum atomic E-state index is -0.140. The largest absolute Gasteiger partial charge is 0.345 e. The number of carbonyl (C=O) groups excluding carboxylic acids is 1. The molecule has 0 bridgehead atoms. The van der Waals surface area contributed by atoms with E-state index in [0.29, 0.717) is 5.56 Å². The van der Waals surface area contributed by atoms with Gasteiger partial charge in [-0.1, -0.05) is 74.5 Å². The van der Waals surface area contributed by atoms with Gasteiger partial charge in [-0.2, -0.15) is 5.10 Å². The number of nitrogens with one attached hydrogen (secondary N) is 1. The Morgan fingerprint density at radius 1 is 0.967 bits per heavy atom. The van der Waals surface area contributed by atoms with Crippen LogP contribution in [0.5, 0.6) is 0 Å². The lowest BCUT2D eigenvalue weighted by Crippen LogP contribution is -2.28. The Morgan fingerprint density at radius 3 is 2.23 bits per heavy atom. The van der Waals surface area contributed by atoms with E-state index < -0.39 is 0 Å². The van der Waals surface area contributed by atoms with Crippen molar-refractivity contribution in [2.75, 3.05) is 0 Å². The average molecular weight is 399 g/mol. The SMILES string of the molecule is Cc1nn2c(C(C)C)c(C(=O)N[C@@H](C)c3ccccc3)cnc2c1-c1ccccc1. The van der Waals surface area contributed by atoms with Crippen LogP contribution in [-0.2, 0) is 0 Å². The molecule has 0 radical (unpaired) electrons. The van der Waals surface area contributed by atoms with Crippen molar-refractivity contribution in [1.29, 1.82) is 0 Å². The molecule has 1 atom stereocenters. The van der Waals surface area contributed by atoms with Crippen molar-refractivity contribution in [3.8, 4) is 11.1 Å². The Bertz CT molecular complexity index is 1180. The van der Waals surface area contributed by atoms with Crippen LogP contribution in [0.25, 0.3) is 16.8 Å². The van der Waals surface area contributed by atoms with E-state index in [1.807, 2.05) is 66.9 Å². The molecule has 0 aliphatic heterocycles. The van der Waals surface area contributed by atoms with Gasteiger partial charge in [0.05, 0.1) is 23.0 Å². The number of hydrogen-bond acceptors (Lipinski definition) is 3. The molecule has 0 aliphatic rings. The Hall–Kier alpha value is -3.47. The highest BCUT2D eigenvalue weighted by molar-refractivity contribution is 5.96. The van der Waals surface area contributed by atoms with E-state index in [-0.39, 0.29) is 17.9 Å². The van der Waals surface area contributed by atoms with E-state index in [4.69, 9.17) is 5.10 Å². The molecule has 2 aromatic heterocycles. The summed E-state index contributed by atoms with van der Waals surface area (Å²) in [6, 6.07) is 20.0. The number of carbonyl (C=O) groups is 1. The van der Waals surface area contributed by atoms with Crippen molar-refractivity contribution in [2.45, 2.75) is 39.7 Å². The van der Waals surface area contributed by atoms with Gasteiger partial charge in [0.1, 0.15) is 0 Å². The van der Waals surface area contributed by atoms with Crippen LogP contribution in [0.4, 0.5) is 0 Å². The zero-order valence-electron chi connectivity index (χ0n) is 17.8. The molecule has 5 nitrogen and oxygen atoms in total. The molecule has 1 N–H and O–H groups in total. The van der Waals surface area contributed by atoms with E-state index in [1.54, 1.807) is 6.20 Å². The van der Waals surface area contributed by atoms with Crippen LogP contribution >= 0.6 is 0 Å². The van der Waals surface area contributed by atoms with E-state index >= 15 is 0 Å². The first kappa shape index (κ1) is 19.8. The smallest absolute Gasteiger partial charge is 0.255 e. The van der Waals surface area contributed by atoms with Gasteiger partial charge < -0.3 is 5.32 Å². The molecule has 4 rings (SSSR count). The summed E-state index contributed by atoms with van der Waals surface area (Å²) >= 11 is 0. The Labute approximate surface area is 176 Å². The predicted octanol–water partition coefficient (Wildman–Crippen LogP) is 5.32. The standard InChI is InChI=1S/C25H26N4O/c1-16(2)23-21(25(30)27-17(3)19-11-7-5-8-12-19)15-26-24-22(18(4)28-29(23)24)20-13-9-6-10-14-20/h5-17H,1-4H3,(H,27,30)/t17-/m0/s1. The summed E-state index contributed by atoms with van der Waals surface area (Å²) in [4.78, 5) is 17.8. The molecule has 4 aromatic rings. The first-order valence-electron chi connectivity index (χ1n) is 10.3. The van der Waals surface area contributed by atoms with Gasteiger partial charge in [-0.25, -0.2) is 9.50 Å². The average Bonchev–Trinajstić information content (AvgIpc) is 3.09. The highest BCUT2D eigenvalue weighted by atomic mass is 16.1. The number of benzene rings is 2. The first-order valence-corrected chi connectivity index (χ1v) is 10.3. The van der Waals surface area contributed by atoms with Crippen molar-refractivity contribution in [1.82, 2.24) is 19.9 Å². The van der Waals surface area contributed by atoms with E-state index in [1.165, 1.54) is 0 Å². The normalized spacial score (nSPS) is 12.3. The van der Waals surface area contributed by atoms with Crippen molar-refractivity contribution in [2.24, 2.45) is 0 Å². The second-order valence-corrected chi connectivity index (χ2v) is 7.88. The van der Waals surface area contributed by atoms with E-state index in [0.717, 1.165) is 33.7 Å². The fourth-order valence-electron chi connectivity index (χ4n) is 3.88. The molecular formula is C25H26N4O. The van der Waals surface area contributed by atoms with Gasteiger partial charge in [0.25, 0.3) is 5.91 Å². The Morgan fingerprint density at radius 2 is 1.60 bits per heavy atom. The molecule has 0 aliphatic carbocycles. The fourth-order valence-corrected chi connectivity index (χ4v) is 3.88. The molecule has 2 heterocycles. The summed E-state index contributed by atoms with van der Waals surface area (Å²) < 4.78 is 1.84. The number of aryl methyl sites for hydroxylation is 1. The first-order chi connectivity index (χ1) is 14.5. The van der Waals surface area contributed by atoms with Crippen molar-refractivity contribution in [3.05, 3.63) is 89.4 Å². The molecule has 0 spiro atoms. The molecule has 0 fully saturated rings. The maximum absolute atomic E-state index is 13.2. The number of rotatable bonds is 5. The van der Waals surface area contributed by atoms with Gasteiger partial charge in [-0.05, 0) is 30.9 Å². The van der Waals surface area contributed by atoms with Gasteiger partial charge >= 0.3 is 0 Å². The van der Waals surface area contributed by atoms with Crippen LogP contribution in [0, 0.1) is 6.92 Å². The quantitative estimate of drug-likeness (QED) is 0.495. The van der Waals surface area contributed by atoms with Gasteiger partial charge in [0.15, 0.2) is 5.65 Å². The number of aromatic nitrogens is 3. The van der Waals surface area contributed by atoms with Crippen molar-refractivity contribution < 1.29 is 4.79 Å². The van der Waals surface area contributed by atoms with Crippen LogP contribution in [-0.4, -0.2) is 20.5 Å². The summed E-state index contributed by atoms with van der Waals surface area (Å²) in [5.41, 5.74) is 6.22. The van der Waals surface area contributed by atoms with Gasteiger partial charge in [0.2, 0.25) is 0 Å². The molecule has 0 saturated heterocycles. The predicted molar refractivity (Wildman–Crippen MR) is 120 cm³/mol. The topological polar surface area (TPSA) is 59.3 Å². The summed E-state index contributed by atoms with van der Waals surface area (Å²) in [5.74, 6) is -0.0370. The zero-order chi connectivity index (χ0) is 21.3. The van der Waals surface area contributed by atoms with Gasteiger partial charge in [-0.15, -0.1) is 0 Å². The summed E-state index contributed by atoms with van der Waals surface area (Å²) in [7, 11) is 0. The number of nitrogens with zero attached hydrogens (tertiary/aromatic N) is 3. The van der Waals surface area contributed by atoms with Crippen LogP contribution in [0.15, 0.2) is 66.9 Å². The fraction of sp³-hybridized carbons (Fsp3) is 0.240. The maximum Gasteiger partial charge on any atom is 0.255 e. The minimum absolute atomic E-state index is 0.103. The summed E-state index contributed by atoms with van der Waals surface area (Å²) in [6.07, 6.45) is 1.69. The third-order valence-electron chi connectivity index (χ3n) is 5.36. The Balaban J connectivity index is 1.78. The lowest BCUT2D eigenvalue weighted by Gasteiger charge is -2.18. The lowest BCUT2D eigenvalue weighted by molar-refractivity contribution is 0.0937. The molecule has 5 heteroatoms. The summed E-state index contributed by atoms with van der Waals surface area (Å²) in [6.45, 7) is 8.12. The second kappa shape index (κ2) is 8.11. The highest BCUT2D eigenvalue weighted by Gasteiger charge is 2.23. The molecular weight excluding hydrogens is 372 g/mol. The second-order valence-electron chi connectivity index (χ2n) is 7.88. The Kier molecular flexibility index (Phi) is 5.36.